The maximum Gasteiger partial charge on any atom is 0.222 e. The number of nitrogens with zero attached hydrogens (tertiary/aromatic N) is 1. The van der Waals surface area contributed by atoms with Gasteiger partial charge in [0.25, 0.3) is 0 Å². The van der Waals surface area contributed by atoms with Crippen molar-refractivity contribution in [3.8, 4) is 0 Å². The maximum atomic E-state index is 13.9. The van der Waals surface area contributed by atoms with E-state index in [0.29, 0.717) is 37.6 Å². The summed E-state index contributed by atoms with van der Waals surface area (Å²) in [6.45, 7) is 3.65. The van der Waals surface area contributed by atoms with Crippen molar-refractivity contribution < 1.29 is 13.9 Å². The Hall–Kier alpha value is -1.46. The number of morpholine rings is 1. The molecule has 1 aromatic rings. The summed E-state index contributed by atoms with van der Waals surface area (Å²) in [6, 6.07) is 6.66. The monoisotopic (exact) mass is 320 g/mol. The van der Waals surface area contributed by atoms with E-state index in [1.807, 2.05) is 4.90 Å². The third kappa shape index (κ3) is 4.30. The number of carbonyl (C=O) groups excluding carboxylic acids is 1. The van der Waals surface area contributed by atoms with Crippen LogP contribution >= 0.6 is 0 Å². The molecule has 2 fully saturated rings. The lowest BCUT2D eigenvalue weighted by atomic mass is 9.93. The Morgan fingerprint density at radius 3 is 2.87 bits per heavy atom. The van der Waals surface area contributed by atoms with Gasteiger partial charge in [-0.15, -0.1) is 0 Å². The zero-order chi connectivity index (χ0) is 16.1. The molecule has 1 atom stereocenters. The summed E-state index contributed by atoms with van der Waals surface area (Å²) < 4.78 is 19.6. The minimum absolute atomic E-state index is 0.174. The Balaban J connectivity index is 1.53. The van der Waals surface area contributed by atoms with Gasteiger partial charge in [-0.1, -0.05) is 18.2 Å². The average molecular weight is 320 g/mol. The van der Waals surface area contributed by atoms with E-state index in [4.69, 9.17) is 4.74 Å². The lowest BCUT2D eigenvalue weighted by Crippen LogP contribution is -2.42. The third-order valence-electron chi connectivity index (χ3n) is 4.90. The minimum atomic E-state index is -0.354. The van der Waals surface area contributed by atoms with Crippen molar-refractivity contribution >= 4 is 5.91 Å². The molecule has 2 aliphatic heterocycles. The van der Waals surface area contributed by atoms with Gasteiger partial charge in [0, 0.05) is 18.5 Å². The number of ether oxygens (including phenoxy) is 1. The summed E-state index contributed by atoms with van der Waals surface area (Å²) in [7, 11) is 0. The second kappa shape index (κ2) is 7.88. The van der Waals surface area contributed by atoms with Gasteiger partial charge < -0.3 is 15.0 Å². The summed E-state index contributed by atoms with van der Waals surface area (Å²) in [6.07, 6.45) is 3.52. The molecule has 2 heterocycles. The van der Waals surface area contributed by atoms with Crippen LogP contribution in [-0.2, 0) is 9.53 Å². The first-order valence-electron chi connectivity index (χ1n) is 8.58. The highest BCUT2D eigenvalue weighted by Gasteiger charge is 2.27. The average Bonchev–Trinajstić information content (AvgIpc) is 2.61. The molecule has 0 spiro atoms. The molecule has 3 rings (SSSR count). The number of carbonyl (C=O) groups is 1. The highest BCUT2D eigenvalue weighted by Crippen LogP contribution is 2.25. The van der Waals surface area contributed by atoms with Crippen molar-refractivity contribution in [1.82, 2.24) is 10.2 Å². The van der Waals surface area contributed by atoms with Gasteiger partial charge in [0.15, 0.2) is 0 Å². The Kier molecular flexibility index (Phi) is 5.62. The van der Waals surface area contributed by atoms with E-state index in [-0.39, 0.29) is 17.8 Å². The van der Waals surface area contributed by atoms with Gasteiger partial charge in [0.2, 0.25) is 5.91 Å². The van der Waals surface area contributed by atoms with Gasteiger partial charge in [0.1, 0.15) is 11.9 Å². The molecule has 23 heavy (non-hydrogen) atoms. The largest absolute Gasteiger partial charge is 0.370 e. The standard InChI is InChI=1S/C18H25FN2O2/c19-16-4-2-1-3-15(16)17-13-21(11-12-23-17)18(22)6-5-14-7-9-20-10-8-14/h1-4,14,17,20H,5-13H2/t17-/m0/s1. The Morgan fingerprint density at radius 1 is 1.30 bits per heavy atom. The van der Waals surface area contributed by atoms with Gasteiger partial charge in [-0.25, -0.2) is 4.39 Å². The van der Waals surface area contributed by atoms with E-state index in [0.717, 1.165) is 32.4 Å². The number of amides is 1. The zero-order valence-electron chi connectivity index (χ0n) is 13.5. The summed E-state index contributed by atoms with van der Waals surface area (Å²) >= 11 is 0. The Morgan fingerprint density at radius 2 is 2.09 bits per heavy atom. The molecule has 1 amide bonds. The second-order valence-corrected chi connectivity index (χ2v) is 6.45. The molecule has 1 N–H and O–H groups in total. The first kappa shape index (κ1) is 16.4. The number of nitrogens with one attached hydrogen (secondary N) is 1. The van der Waals surface area contributed by atoms with Crippen LogP contribution in [0.1, 0.15) is 37.4 Å². The predicted molar refractivity (Wildman–Crippen MR) is 86.5 cm³/mol. The molecule has 126 valence electrons. The molecular weight excluding hydrogens is 295 g/mol. The molecular formula is C18H25FN2O2. The first-order chi connectivity index (χ1) is 11.2. The highest BCUT2D eigenvalue weighted by molar-refractivity contribution is 5.76. The quantitative estimate of drug-likeness (QED) is 0.927. The minimum Gasteiger partial charge on any atom is -0.370 e. The van der Waals surface area contributed by atoms with Gasteiger partial charge in [-0.2, -0.15) is 0 Å². The number of halogens is 1. The summed E-state index contributed by atoms with van der Waals surface area (Å²) in [5.74, 6) is 0.568. The molecule has 5 heteroatoms. The molecule has 0 radical (unpaired) electrons. The zero-order valence-corrected chi connectivity index (χ0v) is 13.5. The number of hydrogen-bond donors (Lipinski definition) is 1. The number of hydrogen-bond acceptors (Lipinski definition) is 3. The van der Waals surface area contributed by atoms with Crippen LogP contribution in [0, 0.1) is 11.7 Å². The fourth-order valence-electron chi connectivity index (χ4n) is 3.46. The van der Waals surface area contributed by atoms with Crippen molar-refractivity contribution in [2.24, 2.45) is 5.92 Å². The van der Waals surface area contributed by atoms with Crippen LogP contribution in [0.4, 0.5) is 4.39 Å². The first-order valence-corrected chi connectivity index (χ1v) is 8.58. The Labute approximate surface area is 137 Å². The van der Waals surface area contributed by atoms with Crippen LogP contribution < -0.4 is 5.32 Å². The van der Waals surface area contributed by atoms with Crippen molar-refractivity contribution in [2.75, 3.05) is 32.8 Å². The van der Waals surface area contributed by atoms with Gasteiger partial charge >= 0.3 is 0 Å². The second-order valence-electron chi connectivity index (χ2n) is 6.45. The molecule has 0 aliphatic carbocycles. The van der Waals surface area contributed by atoms with Crippen LogP contribution in [0.2, 0.25) is 0 Å². The topological polar surface area (TPSA) is 41.6 Å². The normalized spacial score (nSPS) is 23.0. The van der Waals surface area contributed by atoms with Crippen molar-refractivity contribution in [3.63, 3.8) is 0 Å². The summed E-state index contributed by atoms with van der Waals surface area (Å²) in [4.78, 5) is 14.3. The van der Waals surface area contributed by atoms with E-state index in [2.05, 4.69) is 5.32 Å². The van der Waals surface area contributed by atoms with Crippen LogP contribution in [0.3, 0.4) is 0 Å². The van der Waals surface area contributed by atoms with Crippen molar-refractivity contribution in [1.29, 1.82) is 0 Å². The summed E-state index contributed by atoms with van der Waals surface area (Å²) in [5.41, 5.74) is 0.545. The van der Waals surface area contributed by atoms with E-state index >= 15 is 0 Å². The molecule has 2 aliphatic rings. The SMILES string of the molecule is O=C(CCC1CCNCC1)N1CCO[C@H](c2ccccc2F)C1. The van der Waals surface area contributed by atoms with Crippen molar-refractivity contribution in [3.05, 3.63) is 35.6 Å². The van der Waals surface area contributed by atoms with E-state index in [1.165, 1.54) is 6.07 Å². The van der Waals surface area contributed by atoms with Gasteiger partial charge in [-0.05, 0) is 44.3 Å². The fourth-order valence-corrected chi connectivity index (χ4v) is 3.46. The van der Waals surface area contributed by atoms with E-state index in [9.17, 15) is 9.18 Å². The van der Waals surface area contributed by atoms with E-state index < -0.39 is 0 Å². The van der Waals surface area contributed by atoms with Crippen molar-refractivity contribution in [2.45, 2.75) is 31.8 Å². The van der Waals surface area contributed by atoms with Crippen LogP contribution in [0.25, 0.3) is 0 Å². The van der Waals surface area contributed by atoms with Crippen LogP contribution in [0.5, 0.6) is 0 Å². The van der Waals surface area contributed by atoms with E-state index in [1.54, 1.807) is 18.2 Å². The lowest BCUT2D eigenvalue weighted by molar-refractivity contribution is -0.139. The third-order valence-corrected chi connectivity index (χ3v) is 4.90. The number of piperidine rings is 1. The van der Waals surface area contributed by atoms with Gasteiger partial charge in [-0.3, -0.25) is 4.79 Å². The predicted octanol–water partition coefficient (Wildman–Crippen LogP) is 2.51. The molecule has 4 nitrogen and oxygen atoms in total. The van der Waals surface area contributed by atoms with Crippen LogP contribution in [-0.4, -0.2) is 43.6 Å². The van der Waals surface area contributed by atoms with Crippen LogP contribution in [0.15, 0.2) is 24.3 Å². The smallest absolute Gasteiger partial charge is 0.222 e. The number of benzene rings is 1. The number of rotatable bonds is 4. The highest BCUT2D eigenvalue weighted by atomic mass is 19.1. The summed E-state index contributed by atoms with van der Waals surface area (Å²) in [5, 5.41) is 3.35. The molecule has 2 saturated heterocycles. The maximum absolute atomic E-state index is 13.9. The molecule has 0 saturated carbocycles. The lowest BCUT2D eigenvalue weighted by Gasteiger charge is -2.34. The molecule has 0 aromatic heterocycles. The fraction of sp³-hybridized carbons (Fsp3) is 0.611. The molecule has 1 aromatic carbocycles. The molecule has 0 bridgehead atoms. The van der Waals surface area contributed by atoms with Gasteiger partial charge in [0.05, 0.1) is 13.2 Å². The molecule has 0 unspecified atom stereocenters. The Bertz CT molecular complexity index is 532.